The lowest BCUT2D eigenvalue weighted by Gasteiger charge is -2.12. The molecule has 0 saturated carbocycles. The number of halogens is 1. The number of nitrogens with zero attached hydrogens (tertiary/aromatic N) is 1. The first-order chi connectivity index (χ1) is 9.47. The van der Waals surface area contributed by atoms with Crippen LogP contribution in [0.25, 0.3) is 0 Å². The molecule has 1 heterocycles. The quantitative estimate of drug-likeness (QED) is 0.905. The lowest BCUT2D eigenvalue weighted by molar-refractivity contribution is 0.189. The molecule has 0 fully saturated rings. The Morgan fingerprint density at radius 2 is 2.10 bits per heavy atom. The predicted molar refractivity (Wildman–Crippen MR) is 77.6 cm³/mol. The van der Waals surface area contributed by atoms with Crippen molar-refractivity contribution in [1.29, 1.82) is 0 Å². The fourth-order valence-corrected chi connectivity index (χ4v) is 2.60. The Morgan fingerprint density at radius 1 is 1.35 bits per heavy atom. The molecule has 108 valence electrons. The van der Waals surface area contributed by atoms with Gasteiger partial charge in [0.25, 0.3) is 0 Å². The highest BCUT2D eigenvalue weighted by atomic mass is 32.1. The number of aromatic nitrogens is 1. The zero-order valence-corrected chi connectivity index (χ0v) is 12.6. The van der Waals surface area contributed by atoms with Crippen LogP contribution in [0.4, 0.5) is 4.39 Å². The average molecular weight is 295 g/mol. The maximum atomic E-state index is 13.3. The van der Waals surface area contributed by atoms with Crippen LogP contribution in [0.2, 0.25) is 0 Å². The molecular weight excluding hydrogens is 277 g/mol. The van der Waals surface area contributed by atoms with Crippen molar-refractivity contribution in [2.45, 2.75) is 39.4 Å². The molecule has 0 aliphatic rings. The van der Waals surface area contributed by atoms with Gasteiger partial charge in [0.05, 0.1) is 16.8 Å². The number of hydrogen-bond acceptors (Lipinski definition) is 4. The molecule has 1 aromatic heterocycles. The molecule has 0 aliphatic carbocycles. The number of aliphatic hydroxyl groups excluding tert-OH is 1. The fraction of sp³-hybridized carbons (Fsp3) is 0.400. The molecule has 0 radical (unpaired) electrons. The molecule has 0 bridgehead atoms. The SMILES string of the molecule is CC(C)c1nc(COc2cc(F)ccc2[C@@H](C)O)cs1. The summed E-state index contributed by atoms with van der Waals surface area (Å²) in [6.45, 7) is 6.06. The lowest BCUT2D eigenvalue weighted by atomic mass is 10.1. The summed E-state index contributed by atoms with van der Waals surface area (Å²) in [5.41, 5.74) is 1.39. The van der Waals surface area contributed by atoms with Crippen molar-refractivity contribution in [3.63, 3.8) is 0 Å². The summed E-state index contributed by atoms with van der Waals surface area (Å²) in [6, 6.07) is 4.14. The van der Waals surface area contributed by atoms with E-state index in [-0.39, 0.29) is 12.4 Å². The third-order valence-electron chi connectivity index (χ3n) is 2.86. The van der Waals surface area contributed by atoms with E-state index in [4.69, 9.17) is 4.74 Å². The van der Waals surface area contributed by atoms with Gasteiger partial charge in [0.15, 0.2) is 0 Å². The van der Waals surface area contributed by atoms with Gasteiger partial charge in [-0.05, 0) is 19.1 Å². The molecule has 0 saturated heterocycles. The Bertz CT molecular complexity index is 581. The minimum absolute atomic E-state index is 0.270. The molecule has 0 spiro atoms. The monoisotopic (exact) mass is 295 g/mol. The van der Waals surface area contributed by atoms with Crippen molar-refractivity contribution >= 4 is 11.3 Å². The van der Waals surface area contributed by atoms with Crippen LogP contribution in [-0.4, -0.2) is 10.1 Å². The van der Waals surface area contributed by atoms with Gasteiger partial charge in [-0.3, -0.25) is 0 Å². The fourth-order valence-electron chi connectivity index (χ4n) is 1.78. The summed E-state index contributed by atoms with van der Waals surface area (Å²) >= 11 is 1.59. The third kappa shape index (κ3) is 3.55. The van der Waals surface area contributed by atoms with Gasteiger partial charge in [-0.2, -0.15) is 0 Å². The Labute approximate surface area is 122 Å². The maximum absolute atomic E-state index is 13.3. The molecular formula is C15H18FNO2S. The number of ether oxygens (including phenoxy) is 1. The van der Waals surface area contributed by atoms with Gasteiger partial charge in [0.1, 0.15) is 18.2 Å². The molecule has 2 rings (SSSR count). The van der Waals surface area contributed by atoms with Gasteiger partial charge in [-0.1, -0.05) is 13.8 Å². The van der Waals surface area contributed by atoms with Gasteiger partial charge < -0.3 is 9.84 Å². The van der Waals surface area contributed by atoms with E-state index >= 15 is 0 Å². The first-order valence-electron chi connectivity index (χ1n) is 6.52. The van der Waals surface area contributed by atoms with Crippen LogP contribution in [0.3, 0.4) is 0 Å². The van der Waals surface area contributed by atoms with E-state index in [9.17, 15) is 9.50 Å². The van der Waals surface area contributed by atoms with Gasteiger partial charge in [0.2, 0.25) is 0 Å². The molecule has 1 atom stereocenters. The lowest BCUT2D eigenvalue weighted by Crippen LogP contribution is -2.02. The number of rotatable bonds is 5. The first kappa shape index (κ1) is 14.9. The van der Waals surface area contributed by atoms with Crippen molar-refractivity contribution in [3.8, 4) is 5.75 Å². The molecule has 1 aromatic carbocycles. The average Bonchev–Trinajstić information content (AvgIpc) is 2.85. The Kier molecular flexibility index (Phi) is 4.73. The van der Waals surface area contributed by atoms with Crippen molar-refractivity contribution < 1.29 is 14.2 Å². The van der Waals surface area contributed by atoms with Crippen LogP contribution in [0, 0.1) is 5.82 Å². The van der Waals surface area contributed by atoms with E-state index in [2.05, 4.69) is 18.8 Å². The Morgan fingerprint density at radius 3 is 2.70 bits per heavy atom. The van der Waals surface area contributed by atoms with Gasteiger partial charge in [-0.25, -0.2) is 9.37 Å². The normalized spacial score (nSPS) is 12.7. The number of hydrogen-bond donors (Lipinski definition) is 1. The maximum Gasteiger partial charge on any atom is 0.131 e. The molecule has 2 aromatic rings. The summed E-state index contributed by atoms with van der Waals surface area (Å²) < 4.78 is 18.9. The van der Waals surface area contributed by atoms with Crippen LogP contribution in [0.15, 0.2) is 23.6 Å². The molecule has 0 amide bonds. The molecule has 0 aliphatic heterocycles. The summed E-state index contributed by atoms with van der Waals surface area (Å²) in [5.74, 6) is 0.362. The van der Waals surface area contributed by atoms with Crippen LogP contribution in [-0.2, 0) is 6.61 Å². The zero-order chi connectivity index (χ0) is 14.7. The summed E-state index contributed by atoms with van der Waals surface area (Å²) in [6.07, 6.45) is -0.702. The van der Waals surface area contributed by atoms with E-state index in [0.29, 0.717) is 17.2 Å². The second-order valence-corrected chi connectivity index (χ2v) is 5.87. The topological polar surface area (TPSA) is 42.4 Å². The smallest absolute Gasteiger partial charge is 0.131 e. The molecule has 3 nitrogen and oxygen atoms in total. The Balaban J connectivity index is 2.11. The molecule has 0 unspecified atom stereocenters. The van der Waals surface area contributed by atoms with E-state index < -0.39 is 6.10 Å². The van der Waals surface area contributed by atoms with Gasteiger partial charge in [-0.15, -0.1) is 11.3 Å². The van der Waals surface area contributed by atoms with Crippen LogP contribution in [0.1, 0.15) is 49.1 Å². The van der Waals surface area contributed by atoms with Gasteiger partial charge >= 0.3 is 0 Å². The first-order valence-corrected chi connectivity index (χ1v) is 7.40. The second-order valence-electron chi connectivity index (χ2n) is 4.98. The van der Waals surface area contributed by atoms with Crippen molar-refractivity contribution in [3.05, 3.63) is 45.7 Å². The van der Waals surface area contributed by atoms with E-state index in [1.165, 1.54) is 18.2 Å². The molecule has 20 heavy (non-hydrogen) atoms. The zero-order valence-electron chi connectivity index (χ0n) is 11.8. The highest BCUT2D eigenvalue weighted by Crippen LogP contribution is 2.27. The van der Waals surface area contributed by atoms with Crippen LogP contribution < -0.4 is 4.74 Å². The summed E-state index contributed by atoms with van der Waals surface area (Å²) in [5, 5.41) is 12.6. The van der Waals surface area contributed by atoms with Crippen LogP contribution in [0.5, 0.6) is 5.75 Å². The summed E-state index contributed by atoms with van der Waals surface area (Å²) in [4.78, 5) is 4.46. The van der Waals surface area contributed by atoms with E-state index in [1.54, 1.807) is 18.3 Å². The minimum Gasteiger partial charge on any atom is -0.487 e. The highest BCUT2D eigenvalue weighted by molar-refractivity contribution is 7.09. The second kappa shape index (κ2) is 6.33. The van der Waals surface area contributed by atoms with Crippen molar-refractivity contribution in [2.24, 2.45) is 0 Å². The van der Waals surface area contributed by atoms with E-state index in [0.717, 1.165) is 10.7 Å². The number of benzene rings is 1. The van der Waals surface area contributed by atoms with Gasteiger partial charge in [0, 0.05) is 22.9 Å². The summed E-state index contributed by atoms with van der Waals surface area (Å²) in [7, 11) is 0. The Hall–Kier alpha value is -1.46. The van der Waals surface area contributed by atoms with Crippen molar-refractivity contribution in [2.75, 3.05) is 0 Å². The highest BCUT2D eigenvalue weighted by Gasteiger charge is 2.12. The predicted octanol–water partition coefficient (Wildman–Crippen LogP) is 4.04. The standard InChI is InChI=1S/C15H18FNO2S/c1-9(2)15-17-12(8-20-15)7-19-14-6-11(16)4-5-13(14)10(3)18/h4-6,8-10,18H,7H2,1-3H3/t10-/m1/s1. The molecule has 5 heteroatoms. The largest absolute Gasteiger partial charge is 0.487 e. The van der Waals surface area contributed by atoms with Crippen LogP contribution >= 0.6 is 11.3 Å². The third-order valence-corrected chi connectivity index (χ3v) is 4.06. The number of thiazole rings is 1. The number of aliphatic hydroxyl groups is 1. The van der Waals surface area contributed by atoms with E-state index in [1.807, 2.05) is 5.38 Å². The molecule has 1 N–H and O–H groups in total. The van der Waals surface area contributed by atoms with Crippen molar-refractivity contribution in [1.82, 2.24) is 4.98 Å². The minimum atomic E-state index is -0.702.